The molecule has 3 heteroatoms. The summed E-state index contributed by atoms with van der Waals surface area (Å²) >= 11 is 0. The molecule has 256 valence electrons. The van der Waals surface area contributed by atoms with Crippen LogP contribution in [0.2, 0.25) is 0 Å². The Morgan fingerprint density at radius 2 is 1.02 bits per heavy atom. The molecule has 0 saturated carbocycles. The van der Waals surface area contributed by atoms with Crippen molar-refractivity contribution in [1.82, 2.24) is 4.57 Å². The van der Waals surface area contributed by atoms with E-state index in [2.05, 4.69) is 199 Å². The maximum absolute atomic E-state index is 6.44. The minimum absolute atomic E-state index is 0.149. The van der Waals surface area contributed by atoms with Crippen LogP contribution in [0.5, 0.6) is 0 Å². The summed E-state index contributed by atoms with van der Waals surface area (Å²) in [6, 6.07) is 65.9. The van der Waals surface area contributed by atoms with Gasteiger partial charge in [0.2, 0.25) is 0 Å². The van der Waals surface area contributed by atoms with Gasteiger partial charge in [0.1, 0.15) is 11.2 Å². The van der Waals surface area contributed by atoms with Crippen LogP contribution in [0.1, 0.15) is 25.0 Å². The van der Waals surface area contributed by atoms with Crippen LogP contribution in [0, 0.1) is 0 Å². The fourth-order valence-corrected chi connectivity index (χ4v) is 9.25. The molecule has 0 N–H and O–H groups in total. The Morgan fingerprint density at radius 3 is 1.91 bits per heavy atom. The summed E-state index contributed by atoms with van der Waals surface area (Å²) in [4.78, 5) is 2.54. The van der Waals surface area contributed by atoms with Gasteiger partial charge < -0.3 is 13.9 Å². The average Bonchev–Trinajstić information content (AvgIpc) is 3.85. The molecule has 0 bridgehead atoms. The molecule has 3 nitrogen and oxygen atoms in total. The van der Waals surface area contributed by atoms with E-state index >= 15 is 0 Å². The topological polar surface area (TPSA) is 21.3 Å². The number of hydrogen-bond donors (Lipinski definition) is 0. The maximum atomic E-state index is 6.44. The van der Waals surface area contributed by atoms with Crippen LogP contribution in [0.25, 0.3) is 71.7 Å². The minimum atomic E-state index is -0.149. The molecule has 0 spiro atoms. The molecular weight excluding hydrogens is 657 g/mol. The highest BCUT2D eigenvalue weighted by molar-refractivity contribution is 6.19. The van der Waals surface area contributed by atoms with Gasteiger partial charge in [-0.3, -0.25) is 0 Å². The Balaban J connectivity index is 1.28. The Hall–Kier alpha value is -6.84. The van der Waals surface area contributed by atoms with Crippen LogP contribution in [0.4, 0.5) is 17.1 Å². The summed E-state index contributed by atoms with van der Waals surface area (Å²) in [5, 5.41) is 4.67. The van der Waals surface area contributed by atoms with Crippen molar-refractivity contribution >= 4 is 60.8 Å². The van der Waals surface area contributed by atoms with E-state index in [-0.39, 0.29) is 5.41 Å². The van der Waals surface area contributed by atoms with E-state index in [4.69, 9.17) is 4.42 Å². The summed E-state index contributed by atoms with van der Waals surface area (Å²) in [5.41, 5.74) is 16.1. The van der Waals surface area contributed by atoms with Gasteiger partial charge in [0.05, 0.1) is 28.1 Å². The van der Waals surface area contributed by atoms with Crippen molar-refractivity contribution in [3.63, 3.8) is 0 Å². The van der Waals surface area contributed by atoms with E-state index in [1.54, 1.807) is 0 Å². The van der Waals surface area contributed by atoms with Gasteiger partial charge in [0.15, 0.2) is 0 Å². The van der Waals surface area contributed by atoms with E-state index in [0.717, 1.165) is 55.8 Å². The number of furan rings is 1. The molecule has 0 atom stereocenters. The van der Waals surface area contributed by atoms with Gasteiger partial charge in [-0.15, -0.1) is 0 Å². The van der Waals surface area contributed by atoms with Gasteiger partial charge in [0.25, 0.3) is 0 Å². The van der Waals surface area contributed by atoms with Gasteiger partial charge in [-0.1, -0.05) is 141 Å². The lowest BCUT2D eigenvalue weighted by molar-refractivity contribution is 0.660. The SMILES string of the molecule is CC1(C)c2ccccc2-c2c(N(c3ccccc3-c3cccc4oc5ccccc5c34)c3cccc4c3c3ccccc3n4-c3ccccc3)cccc21. The Kier molecular flexibility index (Phi) is 6.60. The molecule has 10 aromatic rings. The fraction of sp³-hybridized carbons (Fsp3) is 0.0588. The molecular formula is C51H36N2O. The zero-order chi connectivity index (χ0) is 36.0. The lowest BCUT2D eigenvalue weighted by Gasteiger charge is -2.31. The van der Waals surface area contributed by atoms with Crippen molar-refractivity contribution in [1.29, 1.82) is 0 Å². The second-order valence-corrected chi connectivity index (χ2v) is 14.9. The molecule has 1 aliphatic rings. The first-order valence-corrected chi connectivity index (χ1v) is 18.7. The van der Waals surface area contributed by atoms with Crippen LogP contribution >= 0.6 is 0 Å². The van der Waals surface area contributed by atoms with E-state index in [9.17, 15) is 0 Å². The first-order chi connectivity index (χ1) is 26.6. The van der Waals surface area contributed by atoms with E-state index < -0.39 is 0 Å². The Morgan fingerprint density at radius 1 is 0.426 bits per heavy atom. The number of hydrogen-bond acceptors (Lipinski definition) is 2. The van der Waals surface area contributed by atoms with Gasteiger partial charge >= 0.3 is 0 Å². The summed E-state index contributed by atoms with van der Waals surface area (Å²) in [6.07, 6.45) is 0. The summed E-state index contributed by atoms with van der Waals surface area (Å²) in [7, 11) is 0. The molecule has 0 fully saturated rings. The quantitative estimate of drug-likeness (QED) is 0.179. The highest BCUT2D eigenvalue weighted by Crippen LogP contribution is 2.56. The second-order valence-electron chi connectivity index (χ2n) is 14.9. The van der Waals surface area contributed by atoms with E-state index in [0.29, 0.717) is 0 Å². The zero-order valence-electron chi connectivity index (χ0n) is 30.1. The van der Waals surface area contributed by atoms with E-state index in [1.807, 2.05) is 6.07 Å². The first-order valence-electron chi connectivity index (χ1n) is 18.7. The number of anilines is 3. The van der Waals surface area contributed by atoms with E-state index in [1.165, 1.54) is 44.1 Å². The molecule has 1 aliphatic carbocycles. The molecule has 0 amide bonds. The van der Waals surface area contributed by atoms with Crippen molar-refractivity contribution in [3.8, 4) is 27.9 Å². The summed E-state index contributed by atoms with van der Waals surface area (Å²) in [5.74, 6) is 0. The third-order valence-corrected chi connectivity index (χ3v) is 11.6. The number of fused-ring (bicyclic) bond motifs is 9. The number of nitrogens with zero attached hydrogens (tertiary/aromatic N) is 2. The number of rotatable bonds is 5. The minimum Gasteiger partial charge on any atom is -0.456 e. The van der Waals surface area contributed by atoms with Crippen molar-refractivity contribution in [2.45, 2.75) is 19.3 Å². The van der Waals surface area contributed by atoms with Gasteiger partial charge in [0, 0.05) is 43.8 Å². The van der Waals surface area contributed by atoms with Crippen molar-refractivity contribution in [2.24, 2.45) is 0 Å². The molecule has 0 radical (unpaired) electrons. The highest BCUT2D eigenvalue weighted by Gasteiger charge is 2.38. The highest BCUT2D eigenvalue weighted by atomic mass is 16.3. The second kappa shape index (κ2) is 11.6. The van der Waals surface area contributed by atoms with Crippen molar-refractivity contribution in [3.05, 3.63) is 193 Å². The van der Waals surface area contributed by atoms with Crippen LogP contribution in [0.15, 0.2) is 186 Å². The maximum Gasteiger partial charge on any atom is 0.136 e. The number of benzene rings is 8. The molecule has 54 heavy (non-hydrogen) atoms. The normalized spacial score (nSPS) is 13.1. The fourth-order valence-electron chi connectivity index (χ4n) is 9.25. The largest absolute Gasteiger partial charge is 0.456 e. The summed E-state index contributed by atoms with van der Waals surface area (Å²) < 4.78 is 8.85. The molecule has 0 unspecified atom stereocenters. The molecule has 2 aromatic heterocycles. The monoisotopic (exact) mass is 692 g/mol. The average molecular weight is 693 g/mol. The smallest absolute Gasteiger partial charge is 0.136 e. The third kappa shape index (κ3) is 4.30. The lowest BCUT2D eigenvalue weighted by atomic mass is 9.82. The standard InChI is InChI=1S/C51H36N2O/c1-51(2)39-24-10-6-20-36(39)49-40(51)25-15-28-43(49)53(41-26-11-7-19-34(41)35-23-14-32-47-48(35)38-22-9-13-31-46(38)54-47)45-30-16-29-44-50(45)37-21-8-12-27-42(37)52(44)33-17-4-3-5-18-33/h3-32H,1-2H3. The van der Waals surface area contributed by atoms with Gasteiger partial charge in [-0.25, -0.2) is 0 Å². The van der Waals surface area contributed by atoms with Crippen LogP contribution < -0.4 is 4.90 Å². The number of para-hydroxylation sites is 4. The third-order valence-electron chi connectivity index (χ3n) is 11.6. The molecule has 8 aromatic carbocycles. The predicted octanol–water partition coefficient (Wildman–Crippen LogP) is 14.1. The van der Waals surface area contributed by atoms with Crippen LogP contribution in [-0.4, -0.2) is 4.57 Å². The lowest BCUT2D eigenvalue weighted by Crippen LogP contribution is -2.16. The van der Waals surface area contributed by atoms with Gasteiger partial charge in [-0.05, 0) is 76.9 Å². The number of aromatic nitrogens is 1. The Labute approximate surface area is 314 Å². The first kappa shape index (κ1) is 30.8. The predicted molar refractivity (Wildman–Crippen MR) is 226 cm³/mol. The summed E-state index contributed by atoms with van der Waals surface area (Å²) in [6.45, 7) is 4.72. The molecule has 0 saturated heterocycles. The van der Waals surface area contributed by atoms with Crippen LogP contribution in [0.3, 0.4) is 0 Å². The Bertz CT molecular complexity index is 3090. The molecule has 11 rings (SSSR count). The van der Waals surface area contributed by atoms with Crippen molar-refractivity contribution in [2.75, 3.05) is 4.90 Å². The molecule has 2 heterocycles. The zero-order valence-corrected chi connectivity index (χ0v) is 30.1. The van der Waals surface area contributed by atoms with Crippen LogP contribution in [-0.2, 0) is 5.41 Å². The molecule has 0 aliphatic heterocycles. The van der Waals surface area contributed by atoms with Gasteiger partial charge in [-0.2, -0.15) is 0 Å². The van der Waals surface area contributed by atoms with Crippen molar-refractivity contribution < 1.29 is 4.42 Å².